The zero-order valence-electron chi connectivity index (χ0n) is 12.0. The maximum absolute atomic E-state index is 10.5. The normalized spacial score (nSPS) is 12.5. The van der Waals surface area contributed by atoms with Crippen LogP contribution in [0, 0.1) is 6.92 Å². The Morgan fingerprint density at radius 3 is 3.00 bits per heavy atom. The average Bonchev–Trinajstić information content (AvgIpc) is 2.91. The van der Waals surface area contributed by atoms with Gasteiger partial charge in [-0.15, -0.1) is 0 Å². The number of rotatable bonds is 4. The number of hydrogen-bond donors (Lipinski definition) is 1. The SMILES string of the molecule is COc1ccc(C)cc1CC(O)c1cnn2ccncc12. The largest absolute Gasteiger partial charge is 0.496 e. The molecule has 0 aliphatic rings. The maximum atomic E-state index is 10.5. The highest BCUT2D eigenvalue weighted by atomic mass is 16.5. The van der Waals surface area contributed by atoms with E-state index in [1.165, 1.54) is 0 Å². The van der Waals surface area contributed by atoms with Crippen molar-refractivity contribution in [3.8, 4) is 5.75 Å². The van der Waals surface area contributed by atoms with Crippen LogP contribution in [-0.4, -0.2) is 26.8 Å². The molecule has 0 amide bonds. The standard InChI is InChI=1S/C16H17N3O2/c1-11-3-4-16(21-2)12(7-11)8-15(20)13-9-18-19-6-5-17-10-14(13)19/h3-7,9-10,15,20H,8H2,1-2H3. The molecule has 0 aliphatic carbocycles. The first-order valence-corrected chi connectivity index (χ1v) is 6.78. The van der Waals surface area contributed by atoms with Crippen LogP contribution in [0.2, 0.25) is 0 Å². The minimum absolute atomic E-state index is 0.473. The predicted molar refractivity (Wildman–Crippen MR) is 79.4 cm³/mol. The van der Waals surface area contributed by atoms with E-state index in [1.54, 1.807) is 36.4 Å². The molecule has 0 spiro atoms. The van der Waals surface area contributed by atoms with Crippen LogP contribution in [0.4, 0.5) is 0 Å². The Kier molecular flexibility index (Phi) is 3.58. The molecule has 2 heterocycles. The molecule has 2 aromatic heterocycles. The first-order chi connectivity index (χ1) is 10.2. The number of aliphatic hydroxyl groups excluding tert-OH is 1. The topological polar surface area (TPSA) is 59.7 Å². The predicted octanol–water partition coefficient (Wildman–Crippen LogP) is 2.32. The lowest BCUT2D eigenvalue weighted by molar-refractivity contribution is 0.178. The molecule has 0 fully saturated rings. The number of methoxy groups -OCH3 is 1. The highest BCUT2D eigenvalue weighted by molar-refractivity contribution is 5.53. The monoisotopic (exact) mass is 283 g/mol. The van der Waals surface area contributed by atoms with Crippen LogP contribution in [-0.2, 0) is 6.42 Å². The van der Waals surface area contributed by atoms with Gasteiger partial charge < -0.3 is 9.84 Å². The van der Waals surface area contributed by atoms with E-state index in [0.29, 0.717) is 6.42 Å². The molecule has 5 heteroatoms. The molecule has 0 aliphatic heterocycles. The van der Waals surface area contributed by atoms with Gasteiger partial charge in [-0.3, -0.25) is 4.98 Å². The molecule has 1 unspecified atom stereocenters. The summed E-state index contributed by atoms with van der Waals surface area (Å²) in [6.45, 7) is 2.02. The fraction of sp³-hybridized carbons (Fsp3) is 0.250. The van der Waals surface area contributed by atoms with Gasteiger partial charge in [-0.25, -0.2) is 4.52 Å². The molecule has 0 saturated carbocycles. The molecule has 3 aromatic rings. The Labute approximate surface area is 122 Å². The van der Waals surface area contributed by atoms with Crippen molar-refractivity contribution in [3.05, 3.63) is 59.7 Å². The van der Waals surface area contributed by atoms with Crippen molar-refractivity contribution in [2.75, 3.05) is 7.11 Å². The van der Waals surface area contributed by atoms with Crippen LogP contribution < -0.4 is 4.74 Å². The summed E-state index contributed by atoms with van der Waals surface area (Å²) in [6.07, 6.45) is 6.64. The van der Waals surface area contributed by atoms with Crippen molar-refractivity contribution in [2.24, 2.45) is 0 Å². The summed E-state index contributed by atoms with van der Waals surface area (Å²) in [4.78, 5) is 4.09. The summed E-state index contributed by atoms with van der Waals surface area (Å²) in [5.41, 5.74) is 3.70. The Morgan fingerprint density at radius 1 is 1.33 bits per heavy atom. The van der Waals surface area contributed by atoms with Gasteiger partial charge in [0.25, 0.3) is 0 Å². The van der Waals surface area contributed by atoms with Crippen molar-refractivity contribution in [2.45, 2.75) is 19.4 Å². The van der Waals surface area contributed by atoms with Gasteiger partial charge in [-0.05, 0) is 18.6 Å². The number of fused-ring (bicyclic) bond motifs is 1. The summed E-state index contributed by atoms with van der Waals surface area (Å²) >= 11 is 0. The zero-order chi connectivity index (χ0) is 14.8. The van der Waals surface area contributed by atoms with E-state index in [9.17, 15) is 5.11 Å². The van der Waals surface area contributed by atoms with E-state index in [0.717, 1.165) is 28.0 Å². The summed E-state index contributed by atoms with van der Waals surface area (Å²) in [5, 5.41) is 14.8. The number of ether oxygens (including phenoxy) is 1. The van der Waals surface area contributed by atoms with Crippen LogP contribution in [0.3, 0.4) is 0 Å². The molecule has 5 nitrogen and oxygen atoms in total. The van der Waals surface area contributed by atoms with Gasteiger partial charge >= 0.3 is 0 Å². The number of nitrogens with zero attached hydrogens (tertiary/aromatic N) is 3. The third kappa shape index (κ3) is 2.60. The summed E-state index contributed by atoms with van der Waals surface area (Å²) in [7, 11) is 1.64. The highest BCUT2D eigenvalue weighted by Crippen LogP contribution is 2.27. The molecule has 1 aromatic carbocycles. The Bertz CT molecular complexity index is 767. The third-order valence-corrected chi connectivity index (χ3v) is 3.56. The molecule has 21 heavy (non-hydrogen) atoms. The van der Waals surface area contributed by atoms with Gasteiger partial charge in [0.05, 0.1) is 31.1 Å². The van der Waals surface area contributed by atoms with Gasteiger partial charge in [-0.2, -0.15) is 5.10 Å². The smallest absolute Gasteiger partial charge is 0.122 e. The minimum Gasteiger partial charge on any atom is -0.496 e. The molecular weight excluding hydrogens is 266 g/mol. The van der Waals surface area contributed by atoms with Gasteiger partial charge in [0.2, 0.25) is 0 Å². The third-order valence-electron chi connectivity index (χ3n) is 3.56. The molecule has 3 rings (SSSR count). The van der Waals surface area contributed by atoms with Gasteiger partial charge in [-0.1, -0.05) is 17.7 Å². The fourth-order valence-electron chi connectivity index (χ4n) is 2.49. The fourth-order valence-corrected chi connectivity index (χ4v) is 2.49. The van der Waals surface area contributed by atoms with Crippen LogP contribution in [0.25, 0.3) is 5.52 Å². The van der Waals surface area contributed by atoms with Crippen LogP contribution in [0.1, 0.15) is 22.8 Å². The van der Waals surface area contributed by atoms with E-state index < -0.39 is 6.10 Å². The second-order valence-corrected chi connectivity index (χ2v) is 5.04. The van der Waals surface area contributed by atoms with Crippen molar-refractivity contribution < 1.29 is 9.84 Å². The highest BCUT2D eigenvalue weighted by Gasteiger charge is 2.16. The molecule has 0 saturated heterocycles. The van der Waals surface area contributed by atoms with Crippen molar-refractivity contribution >= 4 is 5.52 Å². The van der Waals surface area contributed by atoms with Gasteiger partial charge in [0.15, 0.2) is 0 Å². The lowest BCUT2D eigenvalue weighted by Gasteiger charge is -2.13. The van der Waals surface area contributed by atoms with Crippen LogP contribution >= 0.6 is 0 Å². The molecule has 0 bridgehead atoms. The minimum atomic E-state index is -0.651. The quantitative estimate of drug-likeness (QED) is 0.798. The summed E-state index contributed by atoms with van der Waals surface area (Å²) in [6, 6.07) is 5.95. The number of aryl methyl sites for hydroxylation is 1. The summed E-state index contributed by atoms with van der Waals surface area (Å²) in [5.74, 6) is 0.786. The molecular formula is C16H17N3O2. The first kappa shape index (κ1) is 13.6. The van der Waals surface area contributed by atoms with Crippen molar-refractivity contribution in [1.29, 1.82) is 0 Å². The zero-order valence-corrected chi connectivity index (χ0v) is 12.0. The average molecular weight is 283 g/mol. The van der Waals surface area contributed by atoms with Crippen LogP contribution in [0.15, 0.2) is 43.0 Å². The molecule has 1 N–H and O–H groups in total. The lowest BCUT2D eigenvalue weighted by atomic mass is 10.0. The van der Waals surface area contributed by atoms with Gasteiger partial charge in [0, 0.05) is 24.4 Å². The van der Waals surface area contributed by atoms with Crippen molar-refractivity contribution in [3.63, 3.8) is 0 Å². The number of hydrogen-bond acceptors (Lipinski definition) is 4. The molecule has 1 atom stereocenters. The van der Waals surface area contributed by atoms with Gasteiger partial charge in [0.1, 0.15) is 5.75 Å². The van der Waals surface area contributed by atoms with E-state index >= 15 is 0 Å². The lowest BCUT2D eigenvalue weighted by Crippen LogP contribution is -2.03. The Balaban J connectivity index is 1.93. The Hall–Kier alpha value is -2.40. The summed E-state index contributed by atoms with van der Waals surface area (Å²) < 4.78 is 7.07. The number of benzene rings is 1. The number of aromatic nitrogens is 3. The van der Waals surface area contributed by atoms with E-state index in [2.05, 4.69) is 10.1 Å². The van der Waals surface area contributed by atoms with E-state index in [4.69, 9.17) is 4.74 Å². The Morgan fingerprint density at radius 2 is 2.19 bits per heavy atom. The molecule has 108 valence electrons. The molecule has 0 radical (unpaired) electrons. The number of aliphatic hydroxyl groups is 1. The second kappa shape index (κ2) is 5.54. The van der Waals surface area contributed by atoms with Crippen LogP contribution in [0.5, 0.6) is 5.75 Å². The van der Waals surface area contributed by atoms with Crippen molar-refractivity contribution in [1.82, 2.24) is 14.6 Å². The second-order valence-electron chi connectivity index (χ2n) is 5.04. The van der Waals surface area contributed by atoms with E-state index in [-0.39, 0.29) is 0 Å². The van der Waals surface area contributed by atoms with E-state index in [1.807, 2.05) is 25.1 Å². The first-order valence-electron chi connectivity index (χ1n) is 6.78. The maximum Gasteiger partial charge on any atom is 0.122 e.